The minimum Gasteiger partial charge on any atom is -0.325 e. The maximum atomic E-state index is 12.6. The van der Waals surface area contributed by atoms with Crippen LogP contribution in [0, 0.1) is 6.92 Å². The fourth-order valence-electron chi connectivity index (χ4n) is 4.25. The van der Waals surface area contributed by atoms with E-state index in [1.807, 2.05) is 37.3 Å². The van der Waals surface area contributed by atoms with E-state index in [0.717, 1.165) is 54.5 Å². The largest absolute Gasteiger partial charge is 0.325 e. The van der Waals surface area contributed by atoms with Gasteiger partial charge in [-0.1, -0.05) is 49.1 Å². The van der Waals surface area contributed by atoms with Crippen LogP contribution in [-0.2, 0) is 26.0 Å². The Bertz CT molecular complexity index is 975. The molecule has 0 atom stereocenters. The van der Waals surface area contributed by atoms with Gasteiger partial charge in [0.25, 0.3) is 0 Å². The molecule has 1 amide bonds. The van der Waals surface area contributed by atoms with E-state index in [0.29, 0.717) is 5.69 Å². The van der Waals surface area contributed by atoms with Crippen LogP contribution in [0.25, 0.3) is 0 Å². The van der Waals surface area contributed by atoms with Crippen LogP contribution >= 0.6 is 0 Å². The molecular formula is C21H24N2O3S. The van der Waals surface area contributed by atoms with Gasteiger partial charge in [0.2, 0.25) is 15.9 Å². The maximum absolute atomic E-state index is 12.6. The van der Waals surface area contributed by atoms with Crippen LogP contribution in [-0.4, -0.2) is 14.3 Å². The highest BCUT2D eigenvalue weighted by Crippen LogP contribution is 2.48. The van der Waals surface area contributed by atoms with Crippen LogP contribution in [0.5, 0.6) is 0 Å². The van der Waals surface area contributed by atoms with Crippen LogP contribution in [0.3, 0.4) is 0 Å². The van der Waals surface area contributed by atoms with Crippen molar-refractivity contribution in [1.29, 1.82) is 0 Å². The van der Waals surface area contributed by atoms with Gasteiger partial charge in [-0.2, -0.15) is 0 Å². The van der Waals surface area contributed by atoms with E-state index in [1.165, 1.54) is 0 Å². The van der Waals surface area contributed by atoms with Crippen molar-refractivity contribution in [2.24, 2.45) is 0 Å². The van der Waals surface area contributed by atoms with Gasteiger partial charge in [-0.15, -0.1) is 0 Å². The van der Waals surface area contributed by atoms with E-state index in [4.69, 9.17) is 0 Å². The normalized spacial score (nSPS) is 18.2. The number of carbonyl (C=O) groups is 1. The summed E-state index contributed by atoms with van der Waals surface area (Å²) in [6, 6.07) is 12.8. The average Bonchev–Trinajstić information content (AvgIpc) is 2.89. The zero-order chi connectivity index (χ0) is 19.1. The molecule has 4 rings (SSSR count). The van der Waals surface area contributed by atoms with Crippen molar-refractivity contribution >= 4 is 27.3 Å². The first-order chi connectivity index (χ1) is 12.9. The monoisotopic (exact) mass is 384 g/mol. The number of sulfonamides is 1. The molecule has 1 spiro atoms. The van der Waals surface area contributed by atoms with Crippen LogP contribution in [0.4, 0.5) is 11.4 Å². The molecule has 1 saturated carbocycles. The molecular weight excluding hydrogens is 360 g/mol. The predicted octanol–water partition coefficient (Wildman–Crippen LogP) is 4.09. The van der Waals surface area contributed by atoms with Crippen molar-refractivity contribution in [2.45, 2.75) is 50.2 Å². The highest BCUT2D eigenvalue weighted by Gasteiger charge is 2.47. The Morgan fingerprint density at radius 1 is 1.04 bits per heavy atom. The van der Waals surface area contributed by atoms with Crippen molar-refractivity contribution in [1.82, 2.24) is 0 Å². The Balaban J connectivity index is 1.59. The molecule has 6 heteroatoms. The van der Waals surface area contributed by atoms with Gasteiger partial charge in [-0.05, 0) is 49.1 Å². The number of rotatable bonds is 4. The first-order valence-corrected chi connectivity index (χ1v) is 11.1. The third kappa shape index (κ3) is 3.46. The third-order valence-electron chi connectivity index (χ3n) is 5.68. The highest BCUT2D eigenvalue weighted by atomic mass is 32.2. The topological polar surface area (TPSA) is 75.3 Å². The molecule has 27 heavy (non-hydrogen) atoms. The molecule has 1 aliphatic carbocycles. The lowest BCUT2D eigenvalue weighted by molar-refractivity contribution is -0.121. The van der Waals surface area contributed by atoms with Crippen LogP contribution in [0.15, 0.2) is 42.5 Å². The van der Waals surface area contributed by atoms with E-state index in [2.05, 4.69) is 10.0 Å². The van der Waals surface area contributed by atoms with E-state index in [9.17, 15) is 13.2 Å². The standard InChI is InChI=1S/C21H24N2O3S/c1-15-5-7-16(8-6-15)14-27(25,26)23-17-9-10-19-18(13-17)21(20(24)22-19)11-3-2-4-12-21/h5-10,13,23H,2-4,11-12,14H2,1H3,(H,22,24). The van der Waals surface area contributed by atoms with Gasteiger partial charge in [-0.3, -0.25) is 9.52 Å². The number of anilines is 2. The average molecular weight is 385 g/mol. The van der Waals surface area contributed by atoms with Gasteiger partial charge in [0, 0.05) is 11.4 Å². The van der Waals surface area contributed by atoms with Crippen LogP contribution in [0.1, 0.15) is 48.8 Å². The first kappa shape index (κ1) is 18.0. The fourth-order valence-corrected chi connectivity index (χ4v) is 5.44. The lowest BCUT2D eigenvalue weighted by atomic mass is 9.70. The lowest BCUT2D eigenvalue weighted by Crippen LogP contribution is -2.36. The molecule has 0 bridgehead atoms. The molecule has 142 valence electrons. The van der Waals surface area contributed by atoms with Crippen molar-refractivity contribution in [3.8, 4) is 0 Å². The zero-order valence-electron chi connectivity index (χ0n) is 15.4. The van der Waals surface area contributed by atoms with Crippen LogP contribution < -0.4 is 10.0 Å². The quantitative estimate of drug-likeness (QED) is 0.834. The molecule has 1 fully saturated rings. The van der Waals surface area contributed by atoms with Crippen molar-refractivity contribution in [3.05, 3.63) is 59.2 Å². The second-order valence-electron chi connectivity index (χ2n) is 7.70. The summed E-state index contributed by atoms with van der Waals surface area (Å²) in [6.07, 6.45) is 4.84. The number of nitrogens with one attached hydrogen (secondary N) is 2. The summed E-state index contributed by atoms with van der Waals surface area (Å²) in [6.45, 7) is 1.97. The van der Waals surface area contributed by atoms with Gasteiger partial charge >= 0.3 is 0 Å². The first-order valence-electron chi connectivity index (χ1n) is 9.40. The molecule has 5 nitrogen and oxygen atoms in total. The minimum atomic E-state index is -3.53. The summed E-state index contributed by atoms with van der Waals surface area (Å²) >= 11 is 0. The molecule has 2 aromatic carbocycles. The molecule has 2 aromatic rings. The Hall–Kier alpha value is -2.34. The third-order valence-corrected chi connectivity index (χ3v) is 6.94. The van der Waals surface area contributed by atoms with Crippen molar-refractivity contribution in [2.75, 3.05) is 10.0 Å². The summed E-state index contributed by atoms with van der Waals surface area (Å²) in [5, 5.41) is 2.98. The molecule has 2 aliphatic rings. The molecule has 0 radical (unpaired) electrons. The van der Waals surface area contributed by atoms with Crippen LogP contribution in [0.2, 0.25) is 0 Å². The maximum Gasteiger partial charge on any atom is 0.236 e. The molecule has 1 heterocycles. The van der Waals surface area contributed by atoms with E-state index >= 15 is 0 Å². The van der Waals surface area contributed by atoms with E-state index in [-0.39, 0.29) is 11.7 Å². The zero-order valence-corrected chi connectivity index (χ0v) is 16.2. The second kappa shape index (κ2) is 6.68. The number of hydrogen-bond acceptors (Lipinski definition) is 3. The smallest absolute Gasteiger partial charge is 0.236 e. The summed E-state index contributed by atoms with van der Waals surface area (Å²) in [5.74, 6) is -0.0240. The summed E-state index contributed by atoms with van der Waals surface area (Å²) in [7, 11) is -3.53. The van der Waals surface area contributed by atoms with E-state index < -0.39 is 15.4 Å². The van der Waals surface area contributed by atoms with Crippen molar-refractivity contribution in [3.63, 3.8) is 0 Å². The molecule has 1 aliphatic heterocycles. The summed E-state index contributed by atoms with van der Waals surface area (Å²) in [4.78, 5) is 12.6. The minimum absolute atomic E-state index is 0.0527. The number of hydrogen-bond donors (Lipinski definition) is 2. The number of aryl methyl sites for hydroxylation is 1. The molecule has 0 saturated heterocycles. The molecule has 2 N–H and O–H groups in total. The molecule has 0 unspecified atom stereocenters. The second-order valence-corrected chi connectivity index (χ2v) is 9.43. The number of benzene rings is 2. The fraction of sp³-hybridized carbons (Fsp3) is 0.381. The van der Waals surface area contributed by atoms with Gasteiger partial charge in [0.05, 0.1) is 11.2 Å². The van der Waals surface area contributed by atoms with Crippen molar-refractivity contribution < 1.29 is 13.2 Å². The van der Waals surface area contributed by atoms with Gasteiger partial charge in [0.1, 0.15) is 0 Å². The Morgan fingerprint density at radius 2 is 1.74 bits per heavy atom. The number of carbonyl (C=O) groups excluding carboxylic acids is 1. The highest BCUT2D eigenvalue weighted by molar-refractivity contribution is 7.91. The predicted molar refractivity (Wildman–Crippen MR) is 107 cm³/mol. The Labute approximate surface area is 160 Å². The van der Waals surface area contributed by atoms with Gasteiger partial charge in [0.15, 0.2) is 0 Å². The van der Waals surface area contributed by atoms with Gasteiger partial charge in [-0.25, -0.2) is 8.42 Å². The molecule has 0 aromatic heterocycles. The lowest BCUT2D eigenvalue weighted by Gasteiger charge is -2.31. The van der Waals surface area contributed by atoms with Gasteiger partial charge < -0.3 is 5.32 Å². The summed E-state index contributed by atoms with van der Waals surface area (Å²) < 4.78 is 27.9. The Morgan fingerprint density at radius 3 is 2.44 bits per heavy atom. The Kier molecular flexibility index (Phi) is 4.46. The SMILES string of the molecule is Cc1ccc(CS(=O)(=O)Nc2ccc3c(c2)C2(CCCCC2)C(=O)N3)cc1. The van der Waals surface area contributed by atoms with E-state index in [1.54, 1.807) is 12.1 Å². The number of amides is 1. The summed E-state index contributed by atoms with van der Waals surface area (Å²) in [5.41, 5.74) is 3.60. The number of fused-ring (bicyclic) bond motifs is 2.